The molecule has 13 heteroatoms. The van der Waals surface area contributed by atoms with Crippen LogP contribution in [0.15, 0.2) is 24.3 Å². The van der Waals surface area contributed by atoms with E-state index in [1.165, 1.54) is 5.32 Å². The SMILES string of the molecule is NC(=O)c1c(NC(NC(=O)c2cccc(F)c2)(C(F)(F)F)C(F)(F)F)sc2c1CCC2. The Bertz CT molecular complexity index is 1020. The average molecular weight is 469 g/mol. The predicted octanol–water partition coefficient (Wildman–Crippen LogP) is 4.14. The number of anilines is 1. The van der Waals surface area contributed by atoms with Crippen molar-refractivity contribution in [1.82, 2.24) is 5.32 Å². The van der Waals surface area contributed by atoms with Gasteiger partial charge in [0.05, 0.1) is 5.56 Å². The van der Waals surface area contributed by atoms with E-state index >= 15 is 0 Å². The standard InChI is InChI=1S/C18H14F7N3O2S/c19-9-4-1-3-8(7-9)14(30)27-16(17(20,21)22,18(23,24)25)28-15-12(13(26)29)10-5-2-6-11(10)31-15/h1,3-4,7,28H,2,5-6H2,(H2,26,29)(H,27,30). The molecule has 0 bridgehead atoms. The first-order valence-electron chi connectivity index (χ1n) is 8.71. The van der Waals surface area contributed by atoms with E-state index in [0.29, 0.717) is 35.1 Å². The van der Waals surface area contributed by atoms with Crippen molar-refractivity contribution < 1.29 is 40.3 Å². The molecule has 0 unspecified atom stereocenters. The van der Waals surface area contributed by atoms with Crippen molar-refractivity contribution in [3.8, 4) is 0 Å². The third kappa shape index (κ3) is 4.05. The van der Waals surface area contributed by atoms with Crippen LogP contribution in [0.25, 0.3) is 0 Å². The Balaban J connectivity index is 2.12. The number of primary amides is 1. The molecule has 1 aliphatic rings. The van der Waals surface area contributed by atoms with E-state index in [4.69, 9.17) is 5.73 Å². The Morgan fingerprint density at radius 1 is 1.03 bits per heavy atom. The number of thiophene rings is 1. The summed E-state index contributed by atoms with van der Waals surface area (Å²) in [5, 5.41) is 1.47. The molecule has 1 aromatic heterocycles. The van der Waals surface area contributed by atoms with E-state index in [1.54, 1.807) is 0 Å². The van der Waals surface area contributed by atoms with Gasteiger partial charge in [0.15, 0.2) is 0 Å². The van der Waals surface area contributed by atoms with E-state index in [2.05, 4.69) is 0 Å². The van der Waals surface area contributed by atoms with Crippen LogP contribution in [0, 0.1) is 5.82 Å². The molecule has 0 aliphatic heterocycles. The summed E-state index contributed by atoms with van der Waals surface area (Å²) in [7, 11) is 0. The van der Waals surface area contributed by atoms with Gasteiger partial charge in [-0.15, -0.1) is 11.3 Å². The minimum atomic E-state index is -6.10. The van der Waals surface area contributed by atoms with Gasteiger partial charge in [-0.25, -0.2) is 4.39 Å². The fraction of sp³-hybridized carbons (Fsp3) is 0.333. The van der Waals surface area contributed by atoms with Gasteiger partial charge in [0.25, 0.3) is 11.8 Å². The minimum absolute atomic E-state index is 0.270. The number of fused-ring (bicyclic) bond motifs is 1. The summed E-state index contributed by atoms with van der Waals surface area (Å²) in [6.45, 7) is 0. The van der Waals surface area contributed by atoms with Crippen molar-refractivity contribution >= 4 is 28.2 Å². The van der Waals surface area contributed by atoms with Crippen LogP contribution >= 0.6 is 11.3 Å². The lowest BCUT2D eigenvalue weighted by Gasteiger charge is -2.38. The smallest absolute Gasteiger partial charge is 0.365 e. The largest absolute Gasteiger partial charge is 0.439 e. The summed E-state index contributed by atoms with van der Waals surface area (Å²) in [4.78, 5) is 24.5. The third-order valence-electron chi connectivity index (χ3n) is 4.71. The zero-order chi connectivity index (χ0) is 23.2. The zero-order valence-electron chi connectivity index (χ0n) is 15.4. The monoisotopic (exact) mass is 469 g/mol. The molecule has 0 spiro atoms. The summed E-state index contributed by atoms with van der Waals surface area (Å²) >= 11 is 0.538. The highest BCUT2D eigenvalue weighted by molar-refractivity contribution is 7.16. The molecule has 3 rings (SSSR count). The normalized spacial score (nSPS) is 14.3. The lowest BCUT2D eigenvalue weighted by molar-refractivity contribution is -0.293. The minimum Gasteiger partial charge on any atom is -0.365 e. The second kappa shape index (κ2) is 7.70. The number of benzene rings is 1. The van der Waals surface area contributed by atoms with Gasteiger partial charge in [0, 0.05) is 10.4 Å². The molecule has 0 radical (unpaired) electrons. The van der Waals surface area contributed by atoms with E-state index in [-0.39, 0.29) is 12.0 Å². The highest BCUT2D eigenvalue weighted by atomic mass is 32.1. The van der Waals surface area contributed by atoms with Crippen LogP contribution in [0.5, 0.6) is 0 Å². The number of hydrogen-bond acceptors (Lipinski definition) is 4. The topological polar surface area (TPSA) is 84.2 Å². The molecule has 5 nitrogen and oxygen atoms in total. The molecule has 0 atom stereocenters. The summed E-state index contributed by atoms with van der Waals surface area (Å²) in [5.74, 6) is -4.06. The summed E-state index contributed by atoms with van der Waals surface area (Å²) in [6, 6.07) is 3.16. The molecular weight excluding hydrogens is 455 g/mol. The Labute approximate surface area is 174 Å². The van der Waals surface area contributed by atoms with Crippen LogP contribution in [-0.4, -0.2) is 29.8 Å². The number of halogens is 7. The molecule has 0 saturated heterocycles. The molecule has 1 aliphatic carbocycles. The van der Waals surface area contributed by atoms with Crippen molar-refractivity contribution in [2.24, 2.45) is 5.73 Å². The highest BCUT2D eigenvalue weighted by Gasteiger charge is 2.73. The van der Waals surface area contributed by atoms with Gasteiger partial charge < -0.3 is 16.4 Å². The lowest BCUT2D eigenvalue weighted by Crippen LogP contribution is -2.72. The maximum atomic E-state index is 13.9. The van der Waals surface area contributed by atoms with E-state index in [9.17, 15) is 40.3 Å². The second-order valence-corrected chi connectivity index (χ2v) is 7.87. The molecule has 1 heterocycles. The third-order valence-corrected chi connectivity index (χ3v) is 5.91. The molecule has 2 amide bonds. The molecule has 4 N–H and O–H groups in total. The molecule has 31 heavy (non-hydrogen) atoms. The van der Waals surface area contributed by atoms with Crippen LogP contribution in [0.4, 0.5) is 35.7 Å². The Morgan fingerprint density at radius 3 is 2.23 bits per heavy atom. The molecular formula is C18H14F7N3O2S. The number of alkyl halides is 6. The Morgan fingerprint density at radius 2 is 1.68 bits per heavy atom. The van der Waals surface area contributed by atoms with E-state index in [1.807, 2.05) is 0 Å². The fourth-order valence-electron chi connectivity index (χ4n) is 3.27. The van der Waals surface area contributed by atoms with Crippen molar-refractivity contribution in [3.05, 3.63) is 51.7 Å². The summed E-state index contributed by atoms with van der Waals surface area (Å²) in [6.07, 6.45) is -11.0. The summed E-state index contributed by atoms with van der Waals surface area (Å²) in [5.41, 5.74) is -0.702. The van der Waals surface area contributed by atoms with E-state index < -0.39 is 51.8 Å². The van der Waals surface area contributed by atoms with Crippen molar-refractivity contribution in [2.75, 3.05) is 5.32 Å². The maximum absolute atomic E-state index is 13.9. The number of aryl methyl sites for hydroxylation is 1. The van der Waals surface area contributed by atoms with Gasteiger partial charge in [-0.2, -0.15) is 26.3 Å². The second-order valence-electron chi connectivity index (χ2n) is 6.76. The fourth-order valence-corrected chi connectivity index (χ4v) is 4.62. The predicted molar refractivity (Wildman–Crippen MR) is 97.2 cm³/mol. The van der Waals surface area contributed by atoms with Gasteiger partial charge in [0.1, 0.15) is 10.8 Å². The first-order chi connectivity index (χ1) is 14.3. The van der Waals surface area contributed by atoms with Crippen molar-refractivity contribution in [2.45, 2.75) is 37.3 Å². The lowest BCUT2D eigenvalue weighted by atomic mass is 10.1. The number of nitrogens with one attached hydrogen (secondary N) is 2. The van der Waals surface area contributed by atoms with Crippen LogP contribution in [-0.2, 0) is 12.8 Å². The van der Waals surface area contributed by atoms with Gasteiger partial charge >= 0.3 is 18.0 Å². The molecule has 2 aromatic rings. The Kier molecular flexibility index (Phi) is 5.67. The van der Waals surface area contributed by atoms with Gasteiger partial charge in [-0.1, -0.05) is 6.07 Å². The van der Waals surface area contributed by atoms with Gasteiger partial charge in [-0.3, -0.25) is 9.59 Å². The Hall–Kier alpha value is -2.83. The molecule has 0 saturated carbocycles. The number of hydrogen-bond donors (Lipinski definition) is 3. The number of rotatable bonds is 5. The van der Waals surface area contributed by atoms with Crippen LogP contribution < -0.4 is 16.4 Å². The van der Waals surface area contributed by atoms with Crippen molar-refractivity contribution in [3.63, 3.8) is 0 Å². The number of nitrogens with two attached hydrogens (primary N) is 1. The molecule has 0 fully saturated rings. The first kappa shape index (κ1) is 22.8. The quantitative estimate of drug-likeness (QED) is 0.455. The zero-order valence-corrected chi connectivity index (χ0v) is 16.2. The number of carbonyl (C=O) groups excluding carboxylic acids is 2. The van der Waals surface area contributed by atoms with Crippen LogP contribution in [0.3, 0.4) is 0 Å². The molecule has 1 aromatic carbocycles. The van der Waals surface area contributed by atoms with Gasteiger partial charge in [-0.05, 0) is 43.0 Å². The summed E-state index contributed by atoms with van der Waals surface area (Å²) < 4.78 is 96.5. The van der Waals surface area contributed by atoms with Gasteiger partial charge in [0.2, 0.25) is 0 Å². The van der Waals surface area contributed by atoms with E-state index in [0.717, 1.165) is 23.5 Å². The number of carbonyl (C=O) groups is 2. The first-order valence-corrected chi connectivity index (χ1v) is 9.52. The maximum Gasteiger partial charge on any atom is 0.439 e. The van der Waals surface area contributed by atoms with Crippen molar-refractivity contribution in [1.29, 1.82) is 0 Å². The van der Waals surface area contributed by atoms with Crippen LogP contribution in [0.1, 0.15) is 37.6 Å². The highest BCUT2D eigenvalue weighted by Crippen LogP contribution is 2.47. The van der Waals surface area contributed by atoms with Crippen LogP contribution in [0.2, 0.25) is 0 Å². The average Bonchev–Trinajstić information content (AvgIpc) is 3.19. The molecule has 168 valence electrons. The number of amides is 2.